The van der Waals surface area contributed by atoms with E-state index in [-0.39, 0.29) is 0 Å². The Morgan fingerprint density at radius 1 is 1.04 bits per heavy atom. The molecule has 0 atom stereocenters. The van der Waals surface area contributed by atoms with Crippen LogP contribution in [-0.2, 0) is 23.0 Å². The lowest BCUT2D eigenvalue weighted by molar-refractivity contribution is 0.594. The number of benzene rings is 2. The average molecular weight is 366 g/mol. The predicted octanol–water partition coefficient (Wildman–Crippen LogP) is 4.15. The molecule has 0 saturated heterocycles. The molecule has 0 fully saturated rings. The summed E-state index contributed by atoms with van der Waals surface area (Å²) >= 11 is 0. The van der Waals surface area contributed by atoms with E-state index in [1.54, 1.807) is 19.2 Å². The fourth-order valence-electron chi connectivity index (χ4n) is 3.67. The molecule has 0 aliphatic carbocycles. The summed E-state index contributed by atoms with van der Waals surface area (Å²) in [5.74, 6) is 0. The van der Waals surface area contributed by atoms with E-state index in [1.165, 1.54) is 21.1 Å². The molecule has 2 aromatic carbocycles. The third-order valence-corrected chi connectivity index (χ3v) is 6.95. The minimum Gasteiger partial charge on any atom is -0.347 e. The van der Waals surface area contributed by atoms with Gasteiger partial charge >= 0.3 is 0 Å². The fraction of sp³-hybridized carbons (Fsp3) is 0.238. The van der Waals surface area contributed by atoms with Gasteiger partial charge in [-0.25, -0.2) is 8.42 Å². The zero-order valence-corrected chi connectivity index (χ0v) is 16.0. The number of hydrogen-bond acceptors (Lipinski definition) is 2. The van der Waals surface area contributed by atoms with Crippen molar-refractivity contribution in [3.05, 3.63) is 71.4 Å². The monoisotopic (exact) mass is 366 g/mol. The third kappa shape index (κ3) is 2.63. The first-order valence-electron chi connectivity index (χ1n) is 8.72. The molecule has 0 unspecified atom stereocenters. The minimum atomic E-state index is -3.57. The number of aromatic nitrogens is 1. The Morgan fingerprint density at radius 2 is 1.77 bits per heavy atom. The lowest BCUT2D eigenvalue weighted by Gasteiger charge is -2.26. The van der Waals surface area contributed by atoms with Crippen molar-refractivity contribution in [3.8, 4) is 11.3 Å². The molecule has 1 aliphatic rings. The average Bonchev–Trinajstić information content (AvgIpc) is 3.09. The van der Waals surface area contributed by atoms with E-state index in [0.29, 0.717) is 10.6 Å². The number of anilines is 1. The highest BCUT2D eigenvalue weighted by molar-refractivity contribution is 7.92. The van der Waals surface area contributed by atoms with Crippen LogP contribution in [0.1, 0.15) is 16.7 Å². The SMILES string of the molecule is Cc1ccc(S(=O)(=O)N(C)c2cc(C)c3c(c2)CCn2cccc2-3)cc1. The van der Waals surface area contributed by atoms with Crippen molar-refractivity contribution in [2.45, 2.75) is 31.7 Å². The Balaban J connectivity index is 1.77. The molecule has 0 N–H and O–H groups in total. The molecule has 26 heavy (non-hydrogen) atoms. The number of sulfonamides is 1. The van der Waals surface area contributed by atoms with Crippen LogP contribution in [0.25, 0.3) is 11.3 Å². The van der Waals surface area contributed by atoms with Gasteiger partial charge in [0, 0.05) is 31.0 Å². The minimum absolute atomic E-state index is 0.315. The van der Waals surface area contributed by atoms with Gasteiger partial charge in [-0.3, -0.25) is 4.31 Å². The number of aryl methyl sites for hydroxylation is 4. The molecule has 5 heteroatoms. The molecule has 4 rings (SSSR count). The third-order valence-electron chi connectivity index (χ3n) is 5.15. The van der Waals surface area contributed by atoms with Crippen molar-refractivity contribution >= 4 is 15.7 Å². The molecule has 2 heterocycles. The van der Waals surface area contributed by atoms with E-state index >= 15 is 0 Å². The second-order valence-corrected chi connectivity index (χ2v) is 8.89. The van der Waals surface area contributed by atoms with Gasteiger partial charge in [-0.15, -0.1) is 0 Å². The molecular formula is C21H22N2O2S. The van der Waals surface area contributed by atoms with Crippen molar-refractivity contribution in [2.75, 3.05) is 11.4 Å². The van der Waals surface area contributed by atoms with Crippen LogP contribution < -0.4 is 4.31 Å². The van der Waals surface area contributed by atoms with Crippen molar-refractivity contribution in [2.24, 2.45) is 0 Å². The molecule has 1 aliphatic heterocycles. The Bertz CT molecular complexity index is 1080. The van der Waals surface area contributed by atoms with Crippen LogP contribution in [0.5, 0.6) is 0 Å². The van der Waals surface area contributed by atoms with Crippen LogP contribution in [0, 0.1) is 13.8 Å². The van der Waals surface area contributed by atoms with Crippen LogP contribution >= 0.6 is 0 Å². The second kappa shape index (κ2) is 6.02. The Labute approximate surface area is 154 Å². The van der Waals surface area contributed by atoms with Gasteiger partial charge < -0.3 is 4.57 Å². The van der Waals surface area contributed by atoms with E-state index in [0.717, 1.165) is 24.1 Å². The van der Waals surface area contributed by atoms with Crippen molar-refractivity contribution in [1.29, 1.82) is 0 Å². The molecule has 3 aromatic rings. The number of nitrogens with zero attached hydrogens (tertiary/aromatic N) is 2. The normalized spacial score (nSPS) is 13.2. The molecule has 0 amide bonds. The quantitative estimate of drug-likeness (QED) is 0.699. The van der Waals surface area contributed by atoms with Crippen molar-refractivity contribution in [1.82, 2.24) is 4.57 Å². The van der Waals surface area contributed by atoms with E-state index in [4.69, 9.17) is 0 Å². The molecule has 0 radical (unpaired) electrons. The second-order valence-electron chi connectivity index (χ2n) is 6.92. The van der Waals surface area contributed by atoms with Crippen LogP contribution in [0.2, 0.25) is 0 Å². The molecule has 134 valence electrons. The number of fused-ring (bicyclic) bond motifs is 3. The molecule has 0 bridgehead atoms. The lowest BCUT2D eigenvalue weighted by Crippen LogP contribution is -2.27. The summed E-state index contributed by atoms with van der Waals surface area (Å²) < 4.78 is 29.6. The summed E-state index contributed by atoms with van der Waals surface area (Å²) in [6.07, 6.45) is 3.00. The van der Waals surface area contributed by atoms with Gasteiger partial charge in [0.1, 0.15) is 0 Å². The summed E-state index contributed by atoms with van der Waals surface area (Å²) in [5, 5.41) is 0. The van der Waals surface area contributed by atoms with Gasteiger partial charge in [0.15, 0.2) is 0 Å². The maximum absolute atomic E-state index is 13.0. The predicted molar refractivity (Wildman–Crippen MR) is 105 cm³/mol. The Morgan fingerprint density at radius 3 is 2.50 bits per heavy atom. The van der Waals surface area contributed by atoms with E-state index < -0.39 is 10.0 Å². The maximum Gasteiger partial charge on any atom is 0.264 e. The van der Waals surface area contributed by atoms with Crippen LogP contribution in [0.3, 0.4) is 0 Å². The molecular weight excluding hydrogens is 344 g/mol. The summed E-state index contributed by atoms with van der Waals surface area (Å²) in [6.45, 7) is 4.92. The first-order valence-corrected chi connectivity index (χ1v) is 10.2. The zero-order chi connectivity index (χ0) is 18.5. The molecule has 0 spiro atoms. The number of hydrogen-bond donors (Lipinski definition) is 0. The van der Waals surface area contributed by atoms with E-state index in [1.807, 2.05) is 31.2 Å². The van der Waals surface area contributed by atoms with E-state index in [2.05, 4.69) is 29.8 Å². The Kier molecular flexibility index (Phi) is 3.92. The first-order chi connectivity index (χ1) is 12.4. The standard InChI is InChI=1S/C21H22N2O2S/c1-15-6-8-19(9-7-15)26(24,25)22(3)18-13-16(2)21-17(14-18)10-12-23-11-4-5-20(21)23/h4-9,11,13-14H,10,12H2,1-3H3. The number of rotatable bonds is 3. The van der Waals surface area contributed by atoms with Crippen LogP contribution in [0.4, 0.5) is 5.69 Å². The topological polar surface area (TPSA) is 42.3 Å². The van der Waals surface area contributed by atoms with Gasteiger partial charge in [-0.05, 0) is 67.8 Å². The molecule has 1 aromatic heterocycles. The van der Waals surface area contributed by atoms with Crippen molar-refractivity contribution < 1.29 is 8.42 Å². The largest absolute Gasteiger partial charge is 0.347 e. The smallest absolute Gasteiger partial charge is 0.264 e. The lowest BCUT2D eigenvalue weighted by atomic mass is 9.93. The molecule has 0 saturated carbocycles. The highest BCUT2D eigenvalue weighted by Gasteiger charge is 2.24. The van der Waals surface area contributed by atoms with Gasteiger partial charge in [-0.2, -0.15) is 0 Å². The molecule has 4 nitrogen and oxygen atoms in total. The fourth-order valence-corrected chi connectivity index (χ4v) is 4.85. The summed E-state index contributed by atoms with van der Waals surface area (Å²) in [5.41, 5.74) is 6.49. The van der Waals surface area contributed by atoms with Gasteiger partial charge in [0.25, 0.3) is 10.0 Å². The maximum atomic E-state index is 13.0. The highest BCUT2D eigenvalue weighted by Crippen LogP contribution is 2.36. The summed E-state index contributed by atoms with van der Waals surface area (Å²) in [6, 6.07) is 15.2. The zero-order valence-electron chi connectivity index (χ0n) is 15.2. The van der Waals surface area contributed by atoms with Gasteiger partial charge in [0.2, 0.25) is 0 Å². The highest BCUT2D eigenvalue weighted by atomic mass is 32.2. The van der Waals surface area contributed by atoms with Crippen LogP contribution in [0.15, 0.2) is 59.6 Å². The van der Waals surface area contributed by atoms with Gasteiger partial charge in [-0.1, -0.05) is 17.7 Å². The summed E-state index contributed by atoms with van der Waals surface area (Å²) in [4.78, 5) is 0.315. The van der Waals surface area contributed by atoms with Crippen LogP contribution in [-0.4, -0.2) is 20.0 Å². The Hall–Kier alpha value is -2.53. The first kappa shape index (κ1) is 16.9. The summed E-state index contributed by atoms with van der Waals surface area (Å²) in [7, 11) is -1.95. The van der Waals surface area contributed by atoms with Crippen molar-refractivity contribution in [3.63, 3.8) is 0 Å². The van der Waals surface area contributed by atoms with Gasteiger partial charge in [0.05, 0.1) is 10.6 Å². The van der Waals surface area contributed by atoms with E-state index in [9.17, 15) is 8.42 Å².